The molecule has 1 amide bonds. The van der Waals surface area contributed by atoms with Crippen LogP contribution in [0, 0.1) is 11.3 Å². The Bertz CT molecular complexity index is 429. The molecule has 1 aromatic rings. The lowest BCUT2D eigenvalue weighted by atomic mass is 10.2. The zero-order chi connectivity index (χ0) is 13.2. The van der Waals surface area contributed by atoms with Crippen molar-refractivity contribution in [2.45, 2.75) is 12.8 Å². The number of amides is 1. The molecule has 0 saturated heterocycles. The number of nitrogens with one attached hydrogen (secondary N) is 1. The Balaban J connectivity index is 2.29. The standard InChI is InChI=1S/C13H16N2O2S/c14-10-11-3-1-4-12(9-11)15-13(17)5-2-7-18-8-6-16/h1,3-4,9,16H,2,5-8H2,(H,15,17). The summed E-state index contributed by atoms with van der Waals surface area (Å²) in [5, 5.41) is 20.1. The molecule has 1 rings (SSSR count). The van der Waals surface area contributed by atoms with E-state index in [2.05, 4.69) is 5.32 Å². The number of rotatable bonds is 7. The van der Waals surface area contributed by atoms with Crippen molar-refractivity contribution in [3.05, 3.63) is 29.8 Å². The zero-order valence-electron chi connectivity index (χ0n) is 10.1. The minimum Gasteiger partial charge on any atom is -0.396 e. The fraction of sp³-hybridized carbons (Fsp3) is 0.385. The van der Waals surface area contributed by atoms with Crippen molar-refractivity contribution in [2.75, 3.05) is 23.4 Å². The van der Waals surface area contributed by atoms with Gasteiger partial charge < -0.3 is 10.4 Å². The van der Waals surface area contributed by atoms with Crippen molar-refractivity contribution < 1.29 is 9.90 Å². The van der Waals surface area contributed by atoms with Crippen LogP contribution >= 0.6 is 11.8 Å². The second-order valence-corrected chi connectivity index (χ2v) is 4.91. The van der Waals surface area contributed by atoms with E-state index in [1.54, 1.807) is 36.0 Å². The van der Waals surface area contributed by atoms with Crippen LogP contribution in [0.25, 0.3) is 0 Å². The second kappa shape index (κ2) is 8.56. The number of benzene rings is 1. The van der Waals surface area contributed by atoms with Crippen LogP contribution < -0.4 is 5.32 Å². The Morgan fingerprint density at radius 1 is 1.44 bits per heavy atom. The lowest BCUT2D eigenvalue weighted by Crippen LogP contribution is -2.11. The molecule has 0 fully saturated rings. The normalized spacial score (nSPS) is 9.78. The summed E-state index contributed by atoms with van der Waals surface area (Å²) in [5.74, 6) is 1.53. The van der Waals surface area contributed by atoms with Crippen LogP contribution in [-0.4, -0.2) is 29.1 Å². The van der Waals surface area contributed by atoms with Crippen molar-refractivity contribution in [1.29, 1.82) is 5.26 Å². The lowest BCUT2D eigenvalue weighted by molar-refractivity contribution is -0.116. The average molecular weight is 264 g/mol. The first kappa shape index (κ1) is 14.6. The third-order valence-corrected chi connectivity index (χ3v) is 3.25. The number of carbonyl (C=O) groups excluding carboxylic acids is 1. The minimum atomic E-state index is -0.0466. The van der Waals surface area contributed by atoms with E-state index < -0.39 is 0 Å². The molecule has 0 aliphatic rings. The number of aliphatic hydroxyl groups excluding tert-OH is 1. The maximum Gasteiger partial charge on any atom is 0.224 e. The number of anilines is 1. The first-order valence-electron chi connectivity index (χ1n) is 5.75. The first-order valence-corrected chi connectivity index (χ1v) is 6.90. The summed E-state index contributed by atoms with van der Waals surface area (Å²) in [6, 6.07) is 8.88. The molecule has 0 bridgehead atoms. The Morgan fingerprint density at radius 3 is 3.00 bits per heavy atom. The highest BCUT2D eigenvalue weighted by atomic mass is 32.2. The lowest BCUT2D eigenvalue weighted by Gasteiger charge is -2.05. The van der Waals surface area contributed by atoms with E-state index in [1.807, 2.05) is 6.07 Å². The largest absolute Gasteiger partial charge is 0.396 e. The van der Waals surface area contributed by atoms with Gasteiger partial charge in [-0.3, -0.25) is 4.79 Å². The summed E-state index contributed by atoms with van der Waals surface area (Å²) >= 11 is 1.63. The molecule has 1 aromatic carbocycles. The van der Waals surface area contributed by atoms with E-state index in [4.69, 9.17) is 10.4 Å². The van der Waals surface area contributed by atoms with Gasteiger partial charge in [-0.15, -0.1) is 0 Å². The smallest absolute Gasteiger partial charge is 0.224 e. The number of hydrogen-bond donors (Lipinski definition) is 2. The molecule has 0 aromatic heterocycles. The van der Waals surface area contributed by atoms with Crippen molar-refractivity contribution in [2.24, 2.45) is 0 Å². The fourth-order valence-electron chi connectivity index (χ4n) is 1.39. The van der Waals surface area contributed by atoms with Gasteiger partial charge in [-0.1, -0.05) is 6.07 Å². The van der Waals surface area contributed by atoms with Crippen molar-refractivity contribution in [3.63, 3.8) is 0 Å². The maximum absolute atomic E-state index is 11.6. The van der Waals surface area contributed by atoms with Crippen LogP contribution in [0.2, 0.25) is 0 Å². The Kier molecular flexibility index (Phi) is 6.92. The van der Waals surface area contributed by atoms with E-state index in [1.165, 1.54) is 0 Å². The van der Waals surface area contributed by atoms with Gasteiger partial charge in [0.25, 0.3) is 0 Å². The van der Waals surface area contributed by atoms with Crippen molar-refractivity contribution in [3.8, 4) is 6.07 Å². The number of nitriles is 1. The summed E-state index contributed by atoms with van der Waals surface area (Å²) < 4.78 is 0. The third kappa shape index (κ3) is 5.71. The van der Waals surface area contributed by atoms with E-state index >= 15 is 0 Å². The molecule has 0 radical (unpaired) electrons. The van der Waals surface area contributed by atoms with Crippen molar-refractivity contribution >= 4 is 23.4 Å². The molecule has 0 heterocycles. The maximum atomic E-state index is 11.6. The number of aliphatic hydroxyl groups is 1. The van der Waals surface area contributed by atoms with Gasteiger partial charge in [-0.2, -0.15) is 17.0 Å². The molecule has 4 nitrogen and oxygen atoms in total. The quantitative estimate of drug-likeness (QED) is 0.739. The summed E-state index contributed by atoms with van der Waals surface area (Å²) in [6.45, 7) is 0.178. The van der Waals surface area contributed by atoms with Gasteiger partial charge in [-0.25, -0.2) is 0 Å². The SMILES string of the molecule is N#Cc1cccc(NC(=O)CCCSCCO)c1. The Hall–Kier alpha value is -1.51. The van der Waals surface area contributed by atoms with Crippen LogP contribution in [0.3, 0.4) is 0 Å². The van der Waals surface area contributed by atoms with E-state index in [0.717, 1.165) is 12.2 Å². The highest BCUT2D eigenvalue weighted by Crippen LogP contribution is 2.11. The van der Waals surface area contributed by atoms with Crippen LogP contribution in [0.5, 0.6) is 0 Å². The molecule has 2 N–H and O–H groups in total. The van der Waals surface area contributed by atoms with Gasteiger partial charge >= 0.3 is 0 Å². The van der Waals surface area contributed by atoms with Gasteiger partial charge in [0, 0.05) is 17.9 Å². The molecule has 0 aliphatic carbocycles. The summed E-state index contributed by atoms with van der Waals surface area (Å²) in [4.78, 5) is 11.6. The first-order chi connectivity index (χ1) is 8.76. The summed E-state index contributed by atoms with van der Waals surface area (Å²) in [6.07, 6.45) is 1.24. The molecule has 0 saturated carbocycles. The highest BCUT2D eigenvalue weighted by Gasteiger charge is 2.02. The fourth-order valence-corrected chi connectivity index (χ4v) is 2.07. The molecule has 0 unspecified atom stereocenters. The van der Waals surface area contributed by atoms with Crippen LogP contribution in [-0.2, 0) is 4.79 Å². The molecule has 18 heavy (non-hydrogen) atoms. The van der Waals surface area contributed by atoms with E-state index in [0.29, 0.717) is 23.4 Å². The minimum absolute atomic E-state index is 0.0466. The van der Waals surface area contributed by atoms with Gasteiger partial charge in [-0.05, 0) is 30.4 Å². The van der Waals surface area contributed by atoms with E-state index in [9.17, 15) is 4.79 Å². The molecule has 0 spiro atoms. The van der Waals surface area contributed by atoms with Gasteiger partial charge in [0.05, 0.1) is 18.2 Å². The summed E-state index contributed by atoms with van der Waals surface area (Å²) in [5.41, 5.74) is 1.19. The average Bonchev–Trinajstić information content (AvgIpc) is 2.38. The number of thioether (sulfide) groups is 1. The highest BCUT2D eigenvalue weighted by molar-refractivity contribution is 7.99. The molecule has 96 valence electrons. The molecule has 0 aliphatic heterocycles. The van der Waals surface area contributed by atoms with Crippen molar-refractivity contribution in [1.82, 2.24) is 0 Å². The number of hydrogen-bond acceptors (Lipinski definition) is 4. The Morgan fingerprint density at radius 2 is 2.28 bits per heavy atom. The van der Waals surface area contributed by atoms with Crippen LogP contribution in [0.15, 0.2) is 24.3 Å². The van der Waals surface area contributed by atoms with Gasteiger partial charge in [0.1, 0.15) is 0 Å². The predicted octanol–water partition coefficient (Wildman–Crippen LogP) is 2.00. The van der Waals surface area contributed by atoms with E-state index in [-0.39, 0.29) is 12.5 Å². The third-order valence-electron chi connectivity index (χ3n) is 2.20. The monoisotopic (exact) mass is 264 g/mol. The van der Waals surface area contributed by atoms with Gasteiger partial charge in [0.15, 0.2) is 0 Å². The zero-order valence-corrected chi connectivity index (χ0v) is 10.9. The van der Waals surface area contributed by atoms with Crippen LogP contribution in [0.1, 0.15) is 18.4 Å². The molecule has 5 heteroatoms. The Labute approximate surface area is 111 Å². The van der Waals surface area contributed by atoms with Crippen LogP contribution in [0.4, 0.5) is 5.69 Å². The topological polar surface area (TPSA) is 73.1 Å². The molecular weight excluding hydrogens is 248 g/mol. The second-order valence-electron chi connectivity index (χ2n) is 3.68. The van der Waals surface area contributed by atoms with Gasteiger partial charge in [0.2, 0.25) is 5.91 Å². The summed E-state index contributed by atoms with van der Waals surface area (Å²) in [7, 11) is 0. The predicted molar refractivity (Wildman–Crippen MR) is 73.4 cm³/mol. The molecular formula is C13H16N2O2S. The number of nitrogens with zero attached hydrogens (tertiary/aromatic N) is 1. The number of carbonyl (C=O) groups is 1. The molecule has 0 atom stereocenters.